The zero-order valence-corrected chi connectivity index (χ0v) is 15.7. The van der Waals surface area contributed by atoms with Gasteiger partial charge in [0.2, 0.25) is 11.9 Å². The van der Waals surface area contributed by atoms with Gasteiger partial charge >= 0.3 is 0 Å². The fourth-order valence-electron chi connectivity index (χ4n) is 2.58. The van der Waals surface area contributed by atoms with Crippen molar-refractivity contribution >= 4 is 29.3 Å². The van der Waals surface area contributed by atoms with Crippen LogP contribution in [0.15, 0.2) is 60.7 Å². The first-order chi connectivity index (χ1) is 13.0. The van der Waals surface area contributed by atoms with Crippen LogP contribution in [-0.2, 0) is 4.79 Å². The number of rotatable bonds is 5. The van der Waals surface area contributed by atoms with E-state index >= 15 is 0 Å². The van der Waals surface area contributed by atoms with Gasteiger partial charge in [0.1, 0.15) is 0 Å². The molecule has 0 aliphatic heterocycles. The summed E-state index contributed by atoms with van der Waals surface area (Å²) in [5, 5.41) is 6.02. The lowest BCUT2D eigenvalue weighted by Crippen LogP contribution is -2.07. The summed E-state index contributed by atoms with van der Waals surface area (Å²) in [6, 6.07) is 17.3. The van der Waals surface area contributed by atoms with E-state index in [9.17, 15) is 4.79 Å². The number of anilines is 3. The van der Waals surface area contributed by atoms with Crippen molar-refractivity contribution in [3.8, 4) is 0 Å². The third kappa shape index (κ3) is 5.51. The maximum atomic E-state index is 12.1. The molecule has 5 nitrogen and oxygen atoms in total. The van der Waals surface area contributed by atoms with Gasteiger partial charge in [-0.15, -0.1) is 0 Å². The van der Waals surface area contributed by atoms with Crippen molar-refractivity contribution in [3.05, 3.63) is 83.2 Å². The van der Waals surface area contributed by atoms with Gasteiger partial charge in [0.05, 0.1) is 0 Å². The van der Waals surface area contributed by atoms with Crippen LogP contribution in [0, 0.1) is 20.8 Å². The Morgan fingerprint density at radius 3 is 2.07 bits per heavy atom. The van der Waals surface area contributed by atoms with Gasteiger partial charge in [-0.3, -0.25) is 4.79 Å². The Bertz CT molecular complexity index is 940. The summed E-state index contributed by atoms with van der Waals surface area (Å²) in [7, 11) is 0. The number of amides is 1. The molecular formula is C22H22N4O. The molecular weight excluding hydrogens is 336 g/mol. The minimum absolute atomic E-state index is 0.172. The van der Waals surface area contributed by atoms with E-state index < -0.39 is 0 Å². The van der Waals surface area contributed by atoms with Crippen LogP contribution in [0.5, 0.6) is 0 Å². The first-order valence-electron chi connectivity index (χ1n) is 8.73. The molecule has 0 fully saturated rings. The Morgan fingerprint density at radius 1 is 0.852 bits per heavy atom. The number of hydrogen-bond donors (Lipinski definition) is 2. The summed E-state index contributed by atoms with van der Waals surface area (Å²) in [5.41, 5.74) is 5.58. The lowest BCUT2D eigenvalue weighted by atomic mass is 10.1. The Labute approximate surface area is 159 Å². The number of benzene rings is 2. The van der Waals surface area contributed by atoms with Crippen molar-refractivity contribution in [2.45, 2.75) is 20.8 Å². The molecule has 0 atom stereocenters. The second kappa shape index (κ2) is 8.27. The Balaban J connectivity index is 1.59. The number of carbonyl (C=O) groups excluding carboxylic acids is 1. The van der Waals surface area contributed by atoms with E-state index in [1.165, 1.54) is 11.6 Å². The van der Waals surface area contributed by atoms with E-state index in [0.29, 0.717) is 5.95 Å². The van der Waals surface area contributed by atoms with Gasteiger partial charge in [0.25, 0.3) is 0 Å². The molecule has 0 aliphatic rings. The molecule has 5 heteroatoms. The van der Waals surface area contributed by atoms with Crippen LogP contribution in [0.2, 0.25) is 0 Å². The highest BCUT2D eigenvalue weighted by Gasteiger charge is 2.02. The second-order valence-electron chi connectivity index (χ2n) is 6.41. The minimum atomic E-state index is -0.172. The third-order valence-corrected chi connectivity index (χ3v) is 3.90. The van der Waals surface area contributed by atoms with E-state index in [0.717, 1.165) is 28.3 Å². The van der Waals surface area contributed by atoms with Crippen molar-refractivity contribution in [1.29, 1.82) is 0 Å². The number of carbonyl (C=O) groups is 1. The predicted molar refractivity (Wildman–Crippen MR) is 110 cm³/mol. The SMILES string of the molecule is Cc1ccc(/C=C/C(=O)Nc2ccc(Nc3nc(C)cc(C)n3)cc2)cc1. The molecule has 0 unspecified atom stereocenters. The Kier molecular flexibility index (Phi) is 5.61. The Hall–Kier alpha value is -3.47. The molecule has 2 N–H and O–H groups in total. The van der Waals surface area contributed by atoms with Gasteiger partial charge in [-0.25, -0.2) is 9.97 Å². The predicted octanol–water partition coefficient (Wildman–Crippen LogP) is 4.80. The van der Waals surface area contributed by atoms with Crippen LogP contribution in [-0.4, -0.2) is 15.9 Å². The summed E-state index contributed by atoms with van der Waals surface area (Å²) in [5.74, 6) is 0.388. The zero-order chi connectivity index (χ0) is 19.2. The van der Waals surface area contributed by atoms with Crippen LogP contribution < -0.4 is 10.6 Å². The molecule has 3 rings (SSSR count). The van der Waals surface area contributed by atoms with E-state index in [2.05, 4.69) is 20.6 Å². The van der Waals surface area contributed by atoms with Crippen molar-refractivity contribution in [3.63, 3.8) is 0 Å². The fourth-order valence-corrected chi connectivity index (χ4v) is 2.58. The van der Waals surface area contributed by atoms with Crippen molar-refractivity contribution < 1.29 is 4.79 Å². The smallest absolute Gasteiger partial charge is 0.248 e. The average molecular weight is 358 g/mol. The van der Waals surface area contributed by atoms with Crippen molar-refractivity contribution in [1.82, 2.24) is 9.97 Å². The van der Waals surface area contributed by atoms with Gasteiger partial charge in [-0.05, 0) is 62.7 Å². The standard InChI is InChI=1S/C22H22N4O/c1-15-4-6-18(7-5-15)8-13-21(27)25-19-9-11-20(12-10-19)26-22-23-16(2)14-17(3)24-22/h4-14H,1-3H3,(H,25,27)(H,23,24,26)/b13-8+. The van der Waals surface area contributed by atoms with Gasteiger partial charge in [0, 0.05) is 28.8 Å². The van der Waals surface area contributed by atoms with Gasteiger partial charge < -0.3 is 10.6 Å². The van der Waals surface area contributed by atoms with Crippen LogP contribution in [0.3, 0.4) is 0 Å². The average Bonchev–Trinajstić information content (AvgIpc) is 2.62. The first kappa shape index (κ1) is 18.3. The molecule has 1 aromatic heterocycles. The molecule has 27 heavy (non-hydrogen) atoms. The molecule has 3 aromatic rings. The second-order valence-corrected chi connectivity index (χ2v) is 6.41. The molecule has 0 saturated heterocycles. The highest BCUT2D eigenvalue weighted by atomic mass is 16.1. The van der Waals surface area contributed by atoms with Crippen LogP contribution >= 0.6 is 0 Å². The molecule has 0 radical (unpaired) electrons. The minimum Gasteiger partial charge on any atom is -0.324 e. The topological polar surface area (TPSA) is 66.9 Å². The lowest BCUT2D eigenvalue weighted by molar-refractivity contribution is -0.111. The summed E-state index contributed by atoms with van der Waals surface area (Å²) in [6.45, 7) is 5.90. The number of aryl methyl sites for hydroxylation is 3. The quantitative estimate of drug-likeness (QED) is 0.643. The maximum Gasteiger partial charge on any atom is 0.248 e. The summed E-state index contributed by atoms with van der Waals surface area (Å²) in [6.07, 6.45) is 3.32. The normalized spacial score (nSPS) is 10.8. The van der Waals surface area contributed by atoms with E-state index in [-0.39, 0.29) is 5.91 Å². The van der Waals surface area contributed by atoms with Gasteiger partial charge in [0.15, 0.2) is 0 Å². The molecule has 136 valence electrons. The highest BCUT2D eigenvalue weighted by Crippen LogP contribution is 2.17. The molecule has 2 aromatic carbocycles. The van der Waals surface area contributed by atoms with Crippen molar-refractivity contribution in [2.24, 2.45) is 0 Å². The monoisotopic (exact) mass is 358 g/mol. The first-order valence-corrected chi connectivity index (χ1v) is 8.73. The molecule has 0 saturated carbocycles. The van der Waals surface area contributed by atoms with E-state index in [1.54, 1.807) is 6.08 Å². The molecule has 0 aliphatic carbocycles. The number of nitrogens with zero attached hydrogens (tertiary/aromatic N) is 2. The lowest BCUT2D eigenvalue weighted by Gasteiger charge is -2.08. The maximum absolute atomic E-state index is 12.1. The van der Waals surface area contributed by atoms with E-state index in [1.807, 2.05) is 75.4 Å². The Morgan fingerprint density at radius 2 is 1.44 bits per heavy atom. The molecule has 0 spiro atoms. The highest BCUT2D eigenvalue weighted by molar-refractivity contribution is 6.02. The summed E-state index contributed by atoms with van der Waals surface area (Å²) >= 11 is 0. The van der Waals surface area contributed by atoms with Gasteiger partial charge in [-0.2, -0.15) is 0 Å². The summed E-state index contributed by atoms with van der Waals surface area (Å²) < 4.78 is 0. The fraction of sp³-hybridized carbons (Fsp3) is 0.136. The van der Waals surface area contributed by atoms with Crippen LogP contribution in [0.4, 0.5) is 17.3 Å². The van der Waals surface area contributed by atoms with Gasteiger partial charge in [-0.1, -0.05) is 29.8 Å². The molecule has 1 heterocycles. The number of hydrogen-bond acceptors (Lipinski definition) is 4. The van der Waals surface area contributed by atoms with Crippen LogP contribution in [0.25, 0.3) is 6.08 Å². The molecule has 1 amide bonds. The van der Waals surface area contributed by atoms with Crippen molar-refractivity contribution in [2.75, 3.05) is 10.6 Å². The summed E-state index contributed by atoms with van der Waals surface area (Å²) in [4.78, 5) is 20.8. The largest absolute Gasteiger partial charge is 0.324 e. The number of aromatic nitrogens is 2. The van der Waals surface area contributed by atoms with Crippen LogP contribution in [0.1, 0.15) is 22.5 Å². The third-order valence-electron chi connectivity index (χ3n) is 3.90. The number of nitrogens with one attached hydrogen (secondary N) is 2. The molecule has 0 bridgehead atoms. The van der Waals surface area contributed by atoms with E-state index in [4.69, 9.17) is 0 Å². The zero-order valence-electron chi connectivity index (χ0n) is 15.7.